The molecule has 174 valence electrons. The molecule has 2 amide bonds. The van der Waals surface area contributed by atoms with Crippen LogP contribution in [-0.2, 0) is 47.7 Å². The second-order valence-electron chi connectivity index (χ2n) is 8.83. The summed E-state index contributed by atoms with van der Waals surface area (Å²) in [6, 6.07) is 1.22. The van der Waals surface area contributed by atoms with Crippen molar-refractivity contribution in [2.24, 2.45) is 7.05 Å². The molecule has 0 unspecified atom stereocenters. The van der Waals surface area contributed by atoms with Gasteiger partial charge in [0.25, 0.3) is 0 Å². The maximum absolute atomic E-state index is 13.4. The van der Waals surface area contributed by atoms with E-state index < -0.39 is 16.2 Å². The average Bonchev–Trinajstić information content (AvgIpc) is 3.49. The van der Waals surface area contributed by atoms with E-state index in [9.17, 15) is 13.2 Å². The number of carbonyl (C=O) groups excluding carboxylic acids is 1. The Morgan fingerprint density at radius 1 is 1.15 bits per heavy atom. The molecule has 9 nitrogen and oxygen atoms in total. The minimum absolute atomic E-state index is 0. The van der Waals surface area contributed by atoms with Crippen molar-refractivity contribution >= 4 is 27.7 Å². The van der Waals surface area contributed by atoms with Gasteiger partial charge in [0.1, 0.15) is 0 Å². The number of ether oxygens (including phenoxy) is 1. The van der Waals surface area contributed by atoms with Crippen LogP contribution >= 0.6 is 0 Å². The van der Waals surface area contributed by atoms with Crippen molar-refractivity contribution in [1.82, 2.24) is 14.3 Å². The van der Waals surface area contributed by atoms with Gasteiger partial charge in [0.05, 0.1) is 12.4 Å². The van der Waals surface area contributed by atoms with Gasteiger partial charge in [0, 0.05) is 32.1 Å². The topological polar surface area (TPSA) is 106 Å². The van der Waals surface area contributed by atoms with Gasteiger partial charge in [-0.25, -0.2) is 18.8 Å². The Morgan fingerprint density at radius 3 is 2.36 bits per heavy atom. The number of hydrogen-bond donors (Lipinski definition) is 2. The molecule has 5 rings (SSSR count). The molecule has 1 aliphatic heterocycles. The molecule has 2 aromatic rings. The first-order valence-electron chi connectivity index (χ1n) is 11.3. The Kier molecular flexibility index (Phi) is 7.40. The smallest absolute Gasteiger partial charge is 1.00 e. The third kappa shape index (κ3) is 4.95. The summed E-state index contributed by atoms with van der Waals surface area (Å²) in [5.41, 5.74) is 5.69. The Morgan fingerprint density at radius 2 is 1.79 bits per heavy atom. The van der Waals surface area contributed by atoms with Gasteiger partial charge in [-0.05, 0) is 73.6 Å². The molecule has 1 aromatic heterocycles. The predicted molar refractivity (Wildman–Crippen MR) is 122 cm³/mol. The first kappa shape index (κ1) is 24.5. The molecule has 0 saturated carbocycles. The van der Waals surface area contributed by atoms with Crippen LogP contribution in [0.3, 0.4) is 0 Å². The summed E-state index contributed by atoms with van der Waals surface area (Å²) < 4.78 is 37.3. The van der Waals surface area contributed by atoms with Gasteiger partial charge >= 0.3 is 45.8 Å². The minimum Gasteiger partial charge on any atom is -1.00 e. The molecule has 2 heterocycles. The molecule has 33 heavy (non-hydrogen) atoms. The molecule has 1 fully saturated rings. The first-order valence-corrected chi connectivity index (χ1v) is 12.7. The summed E-state index contributed by atoms with van der Waals surface area (Å²) in [5.74, 6) is 0.293. The molecule has 2 aliphatic carbocycles. The fourth-order valence-corrected chi connectivity index (χ4v) is 6.54. The standard InChI is InChI=1S/C22H29N5O4S.Na.H/c1-26-13-20(23-14-26)27(17-8-10-31-11-9-17)32(29,30)25-22(28)24-21-18-6-2-4-15(18)12-16-5-3-7-19(16)21;;/h12-14,17H,2-11H2,1H3,(H2,24,25,28);;/q;+1;-1. The van der Waals surface area contributed by atoms with Gasteiger partial charge < -0.3 is 16.0 Å². The van der Waals surface area contributed by atoms with Gasteiger partial charge in [-0.1, -0.05) is 6.07 Å². The first-order chi connectivity index (χ1) is 15.4. The van der Waals surface area contributed by atoms with Crippen LogP contribution < -0.4 is 43.9 Å². The predicted octanol–water partition coefficient (Wildman–Crippen LogP) is -0.434. The van der Waals surface area contributed by atoms with E-state index >= 15 is 0 Å². The number of aryl methyl sites for hydroxylation is 3. The van der Waals surface area contributed by atoms with Crippen LogP contribution in [0.2, 0.25) is 0 Å². The van der Waals surface area contributed by atoms with Crippen LogP contribution in [0.15, 0.2) is 18.6 Å². The molecule has 11 heteroatoms. The zero-order valence-electron chi connectivity index (χ0n) is 20.3. The average molecular weight is 484 g/mol. The molecule has 0 spiro atoms. The zero-order valence-corrected chi connectivity index (χ0v) is 22.1. The number of anilines is 2. The van der Waals surface area contributed by atoms with Crippen LogP contribution in [0.1, 0.15) is 49.4 Å². The maximum atomic E-state index is 13.4. The molecule has 0 bridgehead atoms. The maximum Gasteiger partial charge on any atom is 1.00 e. The van der Waals surface area contributed by atoms with E-state index in [-0.39, 0.29) is 37.0 Å². The number of rotatable bonds is 5. The molecule has 0 atom stereocenters. The number of amides is 2. The summed E-state index contributed by atoms with van der Waals surface area (Å²) >= 11 is 0. The quantitative estimate of drug-likeness (QED) is 0.562. The number of urea groups is 1. The van der Waals surface area contributed by atoms with Gasteiger partial charge in [-0.2, -0.15) is 8.42 Å². The van der Waals surface area contributed by atoms with Crippen LogP contribution in [0, 0.1) is 0 Å². The van der Waals surface area contributed by atoms with E-state index in [4.69, 9.17) is 4.74 Å². The van der Waals surface area contributed by atoms with Crippen molar-refractivity contribution in [2.75, 3.05) is 22.8 Å². The Balaban J connectivity index is 0.00000162. The summed E-state index contributed by atoms with van der Waals surface area (Å²) in [5, 5.41) is 2.91. The number of fused-ring (bicyclic) bond motifs is 2. The van der Waals surface area contributed by atoms with E-state index in [0.29, 0.717) is 31.9 Å². The van der Waals surface area contributed by atoms with Crippen LogP contribution in [-0.4, -0.2) is 43.3 Å². The summed E-state index contributed by atoms with van der Waals surface area (Å²) in [6.45, 7) is 0.940. The van der Waals surface area contributed by atoms with E-state index in [1.165, 1.54) is 15.4 Å². The van der Waals surface area contributed by atoms with Crippen molar-refractivity contribution in [3.05, 3.63) is 40.8 Å². The van der Waals surface area contributed by atoms with Crippen molar-refractivity contribution in [3.63, 3.8) is 0 Å². The number of aromatic nitrogens is 2. The fraction of sp³-hybridized carbons (Fsp3) is 0.545. The molecular weight excluding hydrogens is 453 g/mol. The number of benzene rings is 1. The zero-order chi connectivity index (χ0) is 22.3. The largest absolute Gasteiger partial charge is 1.00 e. The van der Waals surface area contributed by atoms with Gasteiger partial charge in [0.15, 0.2) is 5.82 Å². The molecule has 1 aromatic carbocycles. The van der Waals surface area contributed by atoms with Crippen molar-refractivity contribution in [1.29, 1.82) is 0 Å². The number of hydrogen-bond acceptors (Lipinski definition) is 5. The molecule has 0 radical (unpaired) electrons. The van der Waals surface area contributed by atoms with Gasteiger partial charge in [-0.3, -0.25) is 0 Å². The van der Waals surface area contributed by atoms with Crippen molar-refractivity contribution in [2.45, 2.75) is 57.4 Å². The van der Waals surface area contributed by atoms with Crippen LogP contribution in [0.25, 0.3) is 0 Å². The summed E-state index contributed by atoms with van der Waals surface area (Å²) in [4.78, 5) is 17.2. The molecular formula is C22H30N5NaO4S. The van der Waals surface area contributed by atoms with Gasteiger partial charge in [-0.15, -0.1) is 0 Å². The van der Waals surface area contributed by atoms with Crippen molar-refractivity contribution in [3.8, 4) is 0 Å². The molecule has 2 N–H and O–H groups in total. The molecule has 1 saturated heterocycles. The Bertz CT molecular complexity index is 1120. The monoisotopic (exact) mass is 483 g/mol. The van der Waals surface area contributed by atoms with E-state index in [2.05, 4.69) is 21.1 Å². The number of imidazole rings is 1. The Hall–Kier alpha value is -1.59. The summed E-state index contributed by atoms with van der Waals surface area (Å²) in [6.07, 6.45) is 10.2. The van der Waals surface area contributed by atoms with Crippen molar-refractivity contribution < 1.29 is 48.9 Å². The number of nitrogens with one attached hydrogen (secondary N) is 2. The molecule has 3 aliphatic rings. The second kappa shape index (κ2) is 9.95. The van der Waals surface area contributed by atoms with E-state index in [0.717, 1.165) is 55.3 Å². The third-order valence-corrected chi connectivity index (χ3v) is 8.08. The fourth-order valence-electron chi connectivity index (χ4n) is 5.21. The SMILES string of the molecule is Cn1cnc(N(C2CCOCC2)S(=O)(=O)NC(=O)Nc2c3c(cc4c2CCC4)CCC3)c1.[H-].[Na+]. The van der Waals surface area contributed by atoms with E-state index in [1.807, 2.05) is 0 Å². The van der Waals surface area contributed by atoms with Gasteiger partial charge in [0.2, 0.25) is 0 Å². The Labute approximate surface area is 218 Å². The van der Waals surface area contributed by atoms with Crippen LogP contribution in [0.4, 0.5) is 16.3 Å². The minimum atomic E-state index is -4.17. The second-order valence-corrected chi connectivity index (χ2v) is 10.4. The normalized spacial score (nSPS) is 17.7. The third-order valence-electron chi connectivity index (χ3n) is 6.63. The van der Waals surface area contributed by atoms with E-state index in [1.54, 1.807) is 24.1 Å². The number of carbonyl (C=O) groups is 1. The summed E-state index contributed by atoms with van der Waals surface area (Å²) in [7, 11) is -2.39. The number of nitrogens with zero attached hydrogens (tertiary/aromatic N) is 3. The van der Waals surface area contributed by atoms with Crippen LogP contribution in [0.5, 0.6) is 0 Å².